The number of hydrogen-bond acceptors (Lipinski definition) is 7. The number of alkyl halides is 1. The van der Waals surface area contributed by atoms with Crippen molar-refractivity contribution >= 4 is 11.2 Å². The average molecular weight is 555 g/mol. The van der Waals surface area contributed by atoms with Crippen LogP contribution in [0.2, 0.25) is 0 Å². The highest BCUT2D eigenvalue weighted by Gasteiger charge is 2.50. The van der Waals surface area contributed by atoms with Crippen LogP contribution >= 0.6 is 0 Å². The summed E-state index contributed by atoms with van der Waals surface area (Å²) in [6.07, 6.45) is 0.476. The van der Waals surface area contributed by atoms with Gasteiger partial charge in [0.25, 0.3) is 0 Å². The van der Waals surface area contributed by atoms with Gasteiger partial charge in [0.1, 0.15) is 54.2 Å². The number of ether oxygens (including phenoxy) is 4. The van der Waals surface area contributed by atoms with E-state index >= 15 is 0 Å². The lowest BCUT2D eigenvalue weighted by molar-refractivity contribution is -0.0434. The first-order valence-corrected chi connectivity index (χ1v) is 13.5. The van der Waals surface area contributed by atoms with Gasteiger partial charge >= 0.3 is 0 Å². The summed E-state index contributed by atoms with van der Waals surface area (Å²) in [5.74, 6) is 2.07. The molecule has 2 aromatic heterocycles. The summed E-state index contributed by atoms with van der Waals surface area (Å²) in [7, 11) is 0. The molecule has 0 N–H and O–H groups in total. The largest absolute Gasteiger partial charge is 0.491 e. The zero-order valence-corrected chi connectivity index (χ0v) is 23.1. The summed E-state index contributed by atoms with van der Waals surface area (Å²) in [4.78, 5) is 12.9. The van der Waals surface area contributed by atoms with Crippen LogP contribution in [0.25, 0.3) is 11.2 Å². The number of halogens is 1. The Morgan fingerprint density at radius 3 is 1.88 bits per heavy atom. The van der Waals surface area contributed by atoms with Crippen LogP contribution in [-0.4, -0.2) is 44.4 Å². The molecule has 0 bridgehead atoms. The molecular weight excluding hydrogens is 523 g/mol. The molecule has 3 aromatic carbocycles. The molecule has 0 amide bonds. The predicted octanol–water partition coefficient (Wildman–Crippen LogP) is 6.09. The summed E-state index contributed by atoms with van der Waals surface area (Å²) in [5, 5.41) is 0. The second-order valence-corrected chi connectivity index (χ2v) is 10.3. The van der Waals surface area contributed by atoms with Crippen molar-refractivity contribution in [2.75, 3.05) is 6.61 Å². The van der Waals surface area contributed by atoms with Gasteiger partial charge in [-0.3, -0.25) is 4.57 Å². The molecule has 9 heteroatoms. The normalized spacial score (nSPS) is 20.3. The molecule has 1 aliphatic heterocycles. The van der Waals surface area contributed by atoms with Crippen molar-refractivity contribution in [3.63, 3.8) is 0 Å². The van der Waals surface area contributed by atoms with Gasteiger partial charge in [-0.1, -0.05) is 53.1 Å². The minimum Gasteiger partial charge on any atom is -0.491 e. The maximum Gasteiger partial charge on any atom is 0.183 e. The highest BCUT2D eigenvalue weighted by molar-refractivity contribution is 5.73. The summed E-state index contributed by atoms with van der Waals surface area (Å²) in [5.41, 5.74) is 4.42. The molecule has 1 fully saturated rings. The lowest BCUT2D eigenvalue weighted by Crippen LogP contribution is -2.42. The third kappa shape index (κ3) is 5.71. The summed E-state index contributed by atoms with van der Waals surface area (Å²) in [6.45, 7) is 5.53. The van der Waals surface area contributed by atoms with E-state index in [1.807, 2.05) is 93.6 Å². The van der Waals surface area contributed by atoms with Crippen molar-refractivity contribution in [3.05, 3.63) is 108 Å². The highest BCUT2D eigenvalue weighted by Crippen LogP contribution is 2.37. The lowest BCUT2D eigenvalue weighted by Gasteiger charge is -2.26. The minimum absolute atomic E-state index is 0.210. The predicted molar refractivity (Wildman–Crippen MR) is 152 cm³/mol. The molecule has 5 aromatic rings. The van der Waals surface area contributed by atoms with E-state index in [0.717, 1.165) is 22.4 Å². The molecule has 0 radical (unpaired) electrons. The lowest BCUT2D eigenvalue weighted by atomic mass is 10.1. The molecule has 0 unspecified atom stereocenters. The molecule has 0 aliphatic carbocycles. The van der Waals surface area contributed by atoms with Gasteiger partial charge in [0.2, 0.25) is 0 Å². The van der Waals surface area contributed by atoms with Crippen molar-refractivity contribution in [2.24, 2.45) is 0 Å². The fourth-order valence-corrected chi connectivity index (χ4v) is 4.88. The number of hydrogen-bond donors (Lipinski definition) is 0. The Labute approximate surface area is 237 Å². The number of nitrogens with zero attached hydrogens (tertiary/aromatic N) is 4. The van der Waals surface area contributed by atoms with E-state index in [-0.39, 0.29) is 12.3 Å². The van der Waals surface area contributed by atoms with Crippen molar-refractivity contribution in [3.8, 4) is 17.2 Å². The Morgan fingerprint density at radius 2 is 1.29 bits per heavy atom. The molecule has 210 valence electrons. The van der Waals surface area contributed by atoms with Gasteiger partial charge in [-0.25, -0.2) is 19.3 Å². The van der Waals surface area contributed by atoms with E-state index in [1.54, 1.807) is 10.9 Å². The zero-order valence-electron chi connectivity index (χ0n) is 23.1. The Morgan fingerprint density at radius 1 is 0.732 bits per heavy atom. The van der Waals surface area contributed by atoms with Crippen LogP contribution in [0.5, 0.6) is 17.2 Å². The first kappa shape index (κ1) is 26.7. The van der Waals surface area contributed by atoms with Gasteiger partial charge in [0.15, 0.2) is 24.1 Å². The van der Waals surface area contributed by atoms with Crippen LogP contribution in [0.3, 0.4) is 0 Å². The molecular formula is C32H31FN4O4. The quantitative estimate of drug-likeness (QED) is 0.218. The number of aromatic nitrogens is 4. The van der Waals surface area contributed by atoms with E-state index in [9.17, 15) is 4.39 Å². The van der Waals surface area contributed by atoms with Crippen LogP contribution in [0.15, 0.2) is 85.5 Å². The van der Waals surface area contributed by atoms with Crippen molar-refractivity contribution in [2.45, 2.75) is 52.0 Å². The fourth-order valence-electron chi connectivity index (χ4n) is 4.88. The molecule has 3 heterocycles. The number of imidazole rings is 1. The first-order chi connectivity index (χ1) is 20.0. The number of aryl methyl sites for hydroxylation is 3. The molecule has 0 spiro atoms. The third-order valence-electron chi connectivity index (χ3n) is 7.14. The SMILES string of the molecule is Cc1ccc(OC[C@H]2O[C@@H](n3cnc4c(CF)ncnc43)[C@H](Oc3ccc(C)cc3)[C@@H]2Oc2ccc(C)cc2)cc1. The van der Waals surface area contributed by atoms with Crippen molar-refractivity contribution < 1.29 is 23.3 Å². The average Bonchev–Trinajstić information content (AvgIpc) is 3.56. The Hall–Kier alpha value is -4.50. The Balaban J connectivity index is 1.39. The van der Waals surface area contributed by atoms with Gasteiger partial charge in [-0.2, -0.15) is 0 Å². The summed E-state index contributed by atoms with van der Waals surface area (Å²) in [6, 6.07) is 23.5. The van der Waals surface area contributed by atoms with Gasteiger partial charge in [-0.15, -0.1) is 0 Å². The van der Waals surface area contributed by atoms with Crippen LogP contribution < -0.4 is 14.2 Å². The summed E-state index contributed by atoms with van der Waals surface area (Å²) >= 11 is 0. The van der Waals surface area contributed by atoms with Gasteiger partial charge < -0.3 is 18.9 Å². The molecule has 4 atom stereocenters. The number of benzene rings is 3. The second-order valence-electron chi connectivity index (χ2n) is 10.3. The maximum atomic E-state index is 13.7. The second kappa shape index (κ2) is 11.5. The molecule has 0 saturated carbocycles. The van der Waals surface area contributed by atoms with E-state index in [0.29, 0.717) is 22.7 Å². The zero-order chi connectivity index (χ0) is 28.3. The van der Waals surface area contributed by atoms with E-state index in [4.69, 9.17) is 18.9 Å². The molecule has 41 heavy (non-hydrogen) atoms. The topological polar surface area (TPSA) is 80.5 Å². The molecule has 1 aliphatic rings. The third-order valence-corrected chi connectivity index (χ3v) is 7.14. The molecule has 6 rings (SSSR count). The van der Waals surface area contributed by atoms with Crippen LogP contribution in [0, 0.1) is 20.8 Å². The monoisotopic (exact) mass is 554 g/mol. The van der Waals surface area contributed by atoms with E-state index < -0.39 is 31.2 Å². The van der Waals surface area contributed by atoms with Gasteiger partial charge in [0.05, 0.1) is 6.33 Å². The minimum atomic E-state index is -0.753. The van der Waals surface area contributed by atoms with Gasteiger partial charge in [0, 0.05) is 0 Å². The van der Waals surface area contributed by atoms with Gasteiger partial charge in [-0.05, 0) is 57.2 Å². The molecule has 1 saturated heterocycles. The Bertz CT molecular complexity index is 1610. The maximum absolute atomic E-state index is 13.7. The van der Waals surface area contributed by atoms with Crippen molar-refractivity contribution in [1.29, 1.82) is 0 Å². The van der Waals surface area contributed by atoms with Crippen LogP contribution in [-0.2, 0) is 11.4 Å². The van der Waals surface area contributed by atoms with Crippen LogP contribution in [0.1, 0.15) is 28.6 Å². The van der Waals surface area contributed by atoms with E-state index in [1.165, 1.54) is 6.33 Å². The van der Waals surface area contributed by atoms with Crippen LogP contribution in [0.4, 0.5) is 4.39 Å². The molecule has 8 nitrogen and oxygen atoms in total. The number of fused-ring (bicyclic) bond motifs is 1. The summed E-state index contributed by atoms with van der Waals surface area (Å²) < 4.78 is 41.5. The Kier molecular flexibility index (Phi) is 7.52. The number of rotatable bonds is 9. The smallest absolute Gasteiger partial charge is 0.183 e. The van der Waals surface area contributed by atoms with E-state index in [2.05, 4.69) is 15.0 Å². The van der Waals surface area contributed by atoms with Crippen molar-refractivity contribution in [1.82, 2.24) is 19.5 Å². The highest BCUT2D eigenvalue weighted by atomic mass is 19.1. The first-order valence-electron chi connectivity index (χ1n) is 13.5. The standard InChI is InChI=1S/C32H31FN4O4/c1-20-4-10-23(11-5-20)38-17-27-29(39-24-12-6-21(2)7-13-24)30(40-25-14-8-22(3)9-15-25)32(41-27)37-19-36-28-26(16-33)34-18-35-31(28)37/h4-15,18-19,27,29-30,32H,16-17H2,1-3H3/t27-,29-,30-,32-/m1/s1. The fraction of sp³-hybridized carbons (Fsp3) is 0.281.